The highest BCUT2D eigenvalue weighted by Gasteiger charge is 2.10. The predicted octanol–water partition coefficient (Wildman–Crippen LogP) is 2.17. The third-order valence-electron chi connectivity index (χ3n) is 2.39. The predicted molar refractivity (Wildman–Crippen MR) is 63.3 cm³/mol. The SMILES string of the molecule is COC(C)c1cnc(CCNCC(C)C)o1. The maximum atomic E-state index is 5.57. The van der Waals surface area contributed by atoms with Gasteiger partial charge in [-0.2, -0.15) is 0 Å². The van der Waals surface area contributed by atoms with Crippen molar-refractivity contribution in [3.63, 3.8) is 0 Å². The van der Waals surface area contributed by atoms with Gasteiger partial charge in [0.2, 0.25) is 0 Å². The Morgan fingerprint density at radius 1 is 1.44 bits per heavy atom. The van der Waals surface area contributed by atoms with Crippen molar-refractivity contribution >= 4 is 0 Å². The summed E-state index contributed by atoms with van der Waals surface area (Å²) in [7, 11) is 1.66. The molecular weight excluding hydrogens is 204 g/mol. The van der Waals surface area contributed by atoms with Crippen LogP contribution in [-0.4, -0.2) is 25.2 Å². The summed E-state index contributed by atoms with van der Waals surface area (Å²) in [5.41, 5.74) is 0. The van der Waals surface area contributed by atoms with Gasteiger partial charge in [-0.1, -0.05) is 13.8 Å². The monoisotopic (exact) mass is 226 g/mol. The summed E-state index contributed by atoms with van der Waals surface area (Å²) in [5.74, 6) is 2.24. The molecule has 0 spiro atoms. The number of oxazole rings is 1. The van der Waals surface area contributed by atoms with Crippen LogP contribution in [0.4, 0.5) is 0 Å². The van der Waals surface area contributed by atoms with E-state index in [2.05, 4.69) is 24.1 Å². The van der Waals surface area contributed by atoms with Gasteiger partial charge in [0, 0.05) is 20.1 Å². The number of methoxy groups -OCH3 is 1. The van der Waals surface area contributed by atoms with Crippen molar-refractivity contribution in [3.05, 3.63) is 17.8 Å². The second-order valence-electron chi connectivity index (χ2n) is 4.38. The zero-order chi connectivity index (χ0) is 12.0. The molecule has 0 amide bonds. The molecular formula is C12H22N2O2. The van der Waals surface area contributed by atoms with E-state index in [0.29, 0.717) is 5.92 Å². The van der Waals surface area contributed by atoms with E-state index < -0.39 is 0 Å². The lowest BCUT2D eigenvalue weighted by molar-refractivity contribution is 0.0983. The lowest BCUT2D eigenvalue weighted by atomic mass is 10.2. The maximum Gasteiger partial charge on any atom is 0.195 e. The Kier molecular flexibility index (Phi) is 5.49. The van der Waals surface area contributed by atoms with E-state index in [0.717, 1.165) is 31.2 Å². The minimum Gasteiger partial charge on any atom is -0.443 e. The van der Waals surface area contributed by atoms with Crippen molar-refractivity contribution in [2.45, 2.75) is 33.3 Å². The van der Waals surface area contributed by atoms with Gasteiger partial charge < -0.3 is 14.5 Å². The molecule has 1 aromatic heterocycles. The molecule has 1 aromatic rings. The first-order valence-electron chi connectivity index (χ1n) is 5.81. The molecule has 1 atom stereocenters. The first kappa shape index (κ1) is 13.2. The minimum absolute atomic E-state index is 0.0233. The van der Waals surface area contributed by atoms with Gasteiger partial charge in [-0.25, -0.2) is 4.98 Å². The number of rotatable bonds is 7. The molecule has 0 aliphatic rings. The second kappa shape index (κ2) is 6.66. The molecule has 0 saturated heterocycles. The number of aromatic nitrogens is 1. The van der Waals surface area contributed by atoms with Crippen LogP contribution in [0.5, 0.6) is 0 Å². The van der Waals surface area contributed by atoms with Crippen LogP contribution in [0.1, 0.15) is 38.5 Å². The molecule has 16 heavy (non-hydrogen) atoms. The number of hydrogen-bond donors (Lipinski definition) is 1. The van der Waals surface area contributed by atoms with Gasteiger partial charge >= 0.3 is 0 Å². The quantitative estimate of drug-likeness (QED) is 0.724. The van der Waals surface area contributed by atoms with Gasteiger partial charge in [-0.3, -0.25) is 0 Å². The van der Waals surface area contributed by atoms with Crippen LogP contribution in [0.25, 0.3) is 0 Å². The van der Waals surface area contributed by atoms with Gasteiger partial charge in [0.15, 0.2) is 11.7 Å². The number of hydrogen-bond acceptors (Lipinski definition) is 4. The zero-order valence-corrected chi connectivity index (χ0v) is 10.6. The van der Waals surface area contributed by atoms with Crippen molar-refractivity contribution in [2.24, 2.45) is 5.92 Å². The Labute approximate surface area is 97.4 Å². The minimum atomic E-state index is -0.0233. The molecule has 1 N–H and O–H groups in total. The lowest BCUT2D eigenvalue weighted by Crippen LogP contribution is -2.22. The number of nitrogens with zero attached hydrogens (tertiary/aromatic N) is 1. The van der Waals surface area contributed by atoms with E-state index in [1.807, 2.05) is 6.92 Å². The molecule has 1 unspecified atom stereocenters. The molecule has 0 aliphatic carbocycles. The van der Waals surface area contributed by atoms with Crippen molar-refractivity contribution in [3.8, 4) is 0 Å². The van der Waals surface area contributed by atoms with Crippen LogP contribution in [-0.2, 0) is 11.2 Å². The van der Waals surface area contributed by atoms with Gasteiger partial charge in [-0.05, 0) is 19.4 Å². The Bertz CT molecular complexity index is 297. The third kappa shape index (κ3) is 4.33. The Hall–Kier alpha value is -0.870. The summed E-state index contributed by atoms with van der Waals surface area (Å²) in [6, 6.07) is 0. The van der Waals surface area contributed by atoms with E-state index in [9.17, 15) is 0 Å². The van der Waals surface area contributed by atoms with Crippen LogP contribution in [0.3, 0.4) is 0 Å². The van der Waals surface area contributed by atoms with Crippen LogP contribution in [0, 0.1) is 5.92 Å². The van der Waals surface area contributed by atoms with Crippen LogP contribution >= 0.6 is 0 Å². The number of nitrogens with one attached hydrogen (secondary N) is 1. The topological polar surface area (TPSA) is 47.3 Å². The first-order valence-corrected chi connectivity index (χ1v) is 5.81. The van der Waals surface area contributed by atoms with Crippen LogP contribution in [0.15, 0.2) is 10.6 Å². The average Bonchev–Trinajstić information content (AvgIpc) is 2.71. The van der Waals surface area contributed by atoms with E-state index in [1.165, 1.54) is 0 Å². The summed E-state index contributed by atoms with van der Waals surface area (Å²) in [6.07, 6.45) is 2.54. The maximum absolute atomic E-state index is 5.57. The van der Waals surface area contributed by atoms with E-state index >= 15 is 0 Å². The molecule has 0 bridgehead atoms. The summed E-state index contributed by atoms with van der Waals surface area (Å²) in [5, 5.41) is 3.35. The fraction of sp³-hybridized carbons (Fsp3) is 0.750. The summed E-state index contributed by atoms with van der Waals surface area (Å²) in [6.45, 7) is 8.26. The summed E-state index contributed by atoms with van der Waals surface area (Å²) < 4.78 is 10.7. The van der Waals surface area contributed by atoms with Crippen molar-refractivity contribution < 1.29 is 9.15 Å². The van der Waals surface area contributed by atoms with E-state index in [4.69, 9.17) is 9.15 Å². The molecule has 1 rings (SSSR count). The van der Waals surface area contributed by atoms with Crippen LogP contribution < -0.4 is 5.32 Å². The highest BCUT2D eigenvalue weighted by Crippen LogP contribution is 2.16. The Morgan fingerprint density at radius 3 is 2.81 bits per heavy atom. The standard InChI is InChI=1S/C12H22N2O2/c1-9(2)7-13-6-5-12-14-8-11(16-12)10(3)15-4/h8-10,13H,5-7H2,1-4H3. The average molecular weight is 226 g/mol. The molecule has 0 saturated carbocycles. The van der Waals surface area contributed by atoms with Gasteiger partial charge in [0.25, 0.3) is 0 Å². The van der Waals surface area contributed by atoms with Crippen molar-refractivity contribution in [1.82, 2.24) is 10.3 Å². The smallest absolute Gasteiger partial charge is 0.195 e. The summed E-state index contributed by atoms with van der Waals surface area (Å²) >= 11 is 0. The fourth-order valence-electron chi connectivity index (χ4n) is 1.33. The zero-order valence-electron chi connectivity index (χ0n) is 10.6. The summed E-state index contributed by atoms with van der Waals surface area (Å²) in [4.78, 5) is 4.22. The van der Waals surface area contributed by atoms with Crippen LogP contribution in [0.2, 0.25) is 0 Å². The van der Waals surface area contributed by atoms with Gasteiger partial charge in [0.05, 0.1) is 6.20 Å². The highest BCUT2D eigenvalue weighted by molar-refractivity contribution is 4.97. The number of ether oxygens (including phenoxy) is 1. The molecule has 4 heteroatoms. The molecule has 0 fully saturated rings. The first-order chi connectivity index (χ1) is 7.63. The molecule has 4 nitrogen and oxygen atoms in total. The molecule has 1 heterocycles. The van der Waals surface area contributed by atoms with Crippen molar-refractivity contribution in [2.75, 3.05) is 20.2 Å². The normalized spacial score (nSPS) is 13.3. The lowest BCUT2D eigenvalue weighted by Gasteiger charge is -2.05. The second-order valence-corrected chi connectivity index (χ2v) is 4.38. The highest BCUT2D eigenvalue weighted by atomic mass is 16.5. The van der Waals surface area contributed by atoms with Crippen molar-refractivity contribution in [1.29, 1.82) is 0 Å². The molecule has 0 aliphatic heterocycles. The third-order valence-corrected chi connectivity index (χ3v) is 2.39. The van der Waals surface area contributed by atoms with Gasteiger partial charge in [-0.15, -0.1) is 0 Å². The molecule has 0 radical (unpaired) electrons. The van der Waals surface area contributed by atoms with Gasteiger partial charge in [0.1, 0.15) is 6.10 Å². The van der Waals surface area contributed by atoms with E-state index in [1.54, 1.807) is 13.3 Å². The molecule has 0 aromatic carbocycles. The Morgan fingerprint density at radius 2 is 2.19 bits per heavy atom. The Balaban J connectivity index is 2.29. The van der Waals surface area contributed by atoms with E-state index in [-0.39, 0.29) is 6.10 Å². The molecule has 92 valence electrons. The fourth-order valence-corrected chi connectivity index (χ4v) is 1.33. The largest absolute Gasteiger partial charge is 0.443 e.